The molecule has 2 fully saturated rings. The van der Waals surface area contributed by atoms with Crippen molar-refractivity contribution in [1.29, 1.82) is 0 Å². The van der Waals surface area contributed by atoms with Gasteiger partial charge < -0.3 is 20.4 Å². The van der Waals surface area contributed by atoms with Crippen LogP contribution in [0.5, 0.6) is 0 Å². The number of benzene rings is 1. The second-order valence-electron chi connectivity index (χ2n) is 7.05. The highest BCUT2D eigenvalue weighted by Gasteiger charge is 2.24. The van der Waals surface area contributed by atoms with Crippen molar-refractivity contribution in [3.05, 3.63) is 54.0 Å². The number of piperazine rings is 1. The lowest BCUT2D eigenvalue weighted by Gasteiger charge is -2.36. The van der Waals surface area contributed by atoms with Crippen LogP contribution in [0.4, 0.5) is 15.9 Å². The highest BCUT2D eigenvalue weighted by molar-refractivity contribution is 5.80. The van der Waals surface area contributed by atoms with Crippen LogP contribution in [0.3, 0.4) is 0 Å². The quantitative estimate of drug-likeness (QED) is 0.834. The Kier molecular flexibility index (Phi) is 5.20. The van der Waals surface area contributed by atoms with E-state index in [1.54, 1.807) is 6.20 Å². The second-order valence-corrected chi connectivity index (χ2v) is 7.05. The molecule has 2 N–H and O–H groups in total. The number of nitrogens with zero attached hydrogens (tertiary/aromatic N) is 3. The number of aromatic nitrogens is 1. The molecule has 2 aliphatic heterocycles. The molecule has 0 atom stereocenters. The lowest BCUT2D eigenvalue weighted by molar-refractivity contribution is -0.126. The number of hydrogen-bond donors (Lipinski definition) is 2. The smallest absolute Gasteiger partial charge is 0.225 e. The summed E-state index contributed by atoms with van der Waals surface area (Å²) in [4.78, 5) is 21.0. The van der Waals surface area contributed by atoms with Gasteiger partial charge in [-0.2, -0.15) is 0 Å². The molecule has 0 radical (unpaired) electrons. The van der Waals surface area contributed by atoms with E-state index in [0.29, 0.717) is 6.54 Å². The maximum absolute atomic E-state index is 13.1. The Morgan fingerprint density at radius 1 is 1.11 bits per heavy atom. The molecule has 3 heterocycles. The van der Waals surface area contributed by atoms with Crippen LogP contribution in [0.25, 0.3) is 0 Å². The number of carbonyl (C=O) groups is 1. The highest BCUT2D eigenvalue weighted by atomic mass is 19.1. The largest absolute Gasteiger partial charge is 0.368 e. The zero-order chi connectivity index (χ0) is 18.6. The van der Waals surface area contributed by atoms with Crippen molar-refractivity contribution >= 4 is 17.4 Å². The monoisotopic (exact) mass is 369 g/mol. The molecule has 6 nitrogen and oxygen atoms in total. The third-order valence-corrected chi connectivity index (χ3v) is 5.22. The molecule has 142 valence electrons. The van der Waals surface area contributed by atoms with E-state index in [1.807, 2.05) is 24.3 Å². The third kappa shape index (κ3) is 4.19. The van der Waals surface area contributed by atoms with E-state index in [2.05, 4.69) is 25.4 Å². The lowest BCUT2D eigenvalue weighted by Crippen LogP contribution is -2.50. The normalized spacial score (nSPS) is 17.5. The van der Waals surface area contributed by atoms with E-state index in [4.69, 9.17) is 0 Å². The summed E-state index contributed by atoms with van der Waals surface area (Å²) in [6, 6.07) is 10.6. The number of rotatable bonds is 5. The summed E-state index contributed by atoms with van der Waals surface area (Å²) in [6.45, 7) is 5.51. The molecule has 1 amide bonds. The topological polar surface area (TPSA) is 60.5 Å². The lowest BCUT2D eigenvalue weighted by atomic mass is 10.0. The maximum Gasteiger partial charge on any atom is 0.225 e. The Balaban J connectivity index is 1.32. The molecule has 7 heteroatoms. The first-order valence-electron chi connectivity index (χ1n) is 9.38. The Morgan fingerprint density at radius 2 is 1.81 bits per heavy atom. The number of pyridine rings is 1. The van der Waals surface area contributed by atoms with E-state index < -0.39 is 0 Å². The molecule has 1 aromatic heterocycles. The Bertz CT molecular complexity index is 785. The van der Waals surface area contributed by atoms with Crippen molar-refractivity contribution in [3.8, 4) is 0 Å². The predicted octanol–water partition coefficient (Wildman–Crippen LogP) is 1.38. The van der Waals surface area contributed by atoms with Gasteiger partial charge in [0.15, 0.2) is 0 Å². The van der Waals surface area contributed by atoms with Gasteiger partial charge in [0, 0.05) is 57.7 Å². The van der Waals surface area contributed by atoms with Crippen molar-refractivity contribution in [2.45, 2.75) is 6.54 Å². The maximum atomic E-state index is 13.1. The summed E-state index contributed by atoms with van der Waals surface area (Å²) >= 11 is 0. The molecule has 1 aromatic carbocycles. The van der Waals surface area contributed by atoms with Crippen molar-refractivity contribution in [2.75, 3.05) is 49.1 Å². The first-order chi connectivity index (χ1) is 13.2. The predicted molar refractivity (Wildman–Crippen MR) is 103 cm³/mol. The minimum absolute atomic E-state index is 0.103. The molecule has 2 saturated heterocycles. The second kappa shape index (κ2) is 7.92. The first-order valence-corrected chi connectivity index (χ1v) is 9.38. The summed E-state index contributed by atoms with van der Waals surface area (Å²) in [7, 11) is 0. The van der Waals surface area contributed by atoms with Gasteiger partial charge in [0.25, 0.3) is 0 Å². The summed E-state index contributed by atoms with van der Waals surface area (Å²) in [5.41, 5.74) is 2.10. The summed E-state index contributed by atoms with van der Waals surface area (Å²) in [5.74, 6) is 0.941. The molecular weight excluding hydrogens is 345 g/mol. The third-order valence-electron chi connectivity index (χ3n) is 5.22. The van der Waals surface area contributed by atoms with Crippen LogP contribution in [0, 0.1) is 11.7 Å². The van der Waals surface area contributed by atoms with Gasteiger partial charge in [-0.05, 0) is 42.0 Å². The van der Waals surface area contributed by atoms with E-state index in [1.165, 1.54) is 12.1 Å². The van der Waals surface area contributed by atoms with Crippen molar-refractivity contribution < 1.29 is 9.18 Å². The van der Waals surface area contributed by atoms with Gasteiger partial charge in [0.05, 0.1) is 5.92 Å². The Labute approximate surface area is 158 Å². The molecule has 2 aliphatic rings. The summed E-state index contributed by atoms with van der Waals surface area (Å²) < 4.78 is 13.1. The Morgan fingerprint density at radius 3 is 2.48 bits per heavy atom. The van der Waals surface area contributed by atoms with E-state index in [0.717, 1.165) is 56.3 Å². The fourth-order valence-corrected chi connectivity index (χ4v) is 3.40. The molecule has 0 spiro atoms. The van der Waals surface area contributed by atoms with Crippen molar-refractivity contribution in [1.82, 2.24) is 15.6 Å². The molecular formula is C20H24FN5O. The summed E-state index contributed by atoms with van der Waals surface area (Å²) in [5, 5.41) is 6.11. The van der Waals surface area contributed by atoms with Crippen LogP contribution < -0.4 is 20.4 Å². The number of nitrogens with one attached hydrogen (secondary N) is 2. The minimum Gasteiger partial charge on any atom is -0.368 e. The SMILES string of the molecule is O=C(NCc1ccnc(N2CCN(c3ccc(F)cc3)CC2)c1)C1CNC1. The van der Waals surface area contributed by atoms with Crippen LogP contribution in [0.2, 0.25) is 0 Å². The average Bonchev–Trinajstić information content (AvgIpc) is 2.66. The molecule has 4 rings (SSSR count). The van der Waals surface area contributed by atoms with Gasteiger partial charge >= 0.3 is 0 Å². The van der Waals surface area contributed by atoms with Gasteiger partial charge in [-0.15, -0.1) is 0 Å². The van der Waals surface area contributed by atoms with Gasteiger partial charge in [-0.1, -0.05) is 0 Å². The minimum atomic E-state index is -0.209. The van der Waals surface area contributed by atoms with Gasteiger partial charge in [0.1, 0.15) is 11.6 Å². The fourth-order valence-electron chi connectivity index (χ4n) is 3.40. The highest BCUT2D eigenvalue weighted by Crippen LogP contribution is 2.20. The fraction of sp³-hybridized carbons (Fsp3) is 0.400. The number of hydrogen-bond acceptors (Lipinski definition) is 5. The first kappa shape index (κ1) is 17.7. The Hall–Kier alpha value is -2.67. The van der Waals surface area contributed by atoms with Crippen molar-refractivity contribution in [3.63, 3.8) is 0 Å². The zero-order valence-corrected chi connectivity index (χ0v) is 15.2. The van der Waals surface area contributed by atoms with Crippen LogP contribution in [-0.2, 0) is 11.3 Å². The molecule has 0 bridgehead atoms. The standard InChI is InChI=1S/C20H24FN5O/c21-17-1-3-18(4-2-17)25-7-9-26(10-8-25)19-11-15(5-6-23-19)12-24-20(27)16-13-22-14-16/h1-6,11,16,22H,7-10,12-14H2,(H,24,27). The molecule has 0 unspecified atom stereocenters. The molecule has 2 aromatic rings. The van der Waals surface area contributed by atoms with Gasteiger partial charge in [0.2, 0.25) is 5.91 Å². The zero-order valence-electron chi connectivity index (χ0n) is 15.2. The molecule has 27 heavy (non-hydrogen) atoms. The number of amides is 1. The van der Waals surface area contributed by atoms with Crippen LogP contribution in [-0.4, -0.2) is 50.2 Å². The number of anilines is 2. The van der Waals surface area contributed by atoms with Crippen molar-refractivity contribution in [2.24, 2.45) is 5.92 Å². The van der Waals surface area contributed by atoms with Crippen LogP contribution >= 0.6 is 0 Å². The van der Waals surface area contributed by atoms with Gasteiger partial charge in [-0.25, -0.2) is 9.37 Å². The molecule has 0 saturated carbocycles. The van der Waals surface area contributed by atoms with E-state index in [9.17, 15) is 9.18 Å². The van der Waals surface area contributed by atoms with Gasteiger partial charge in [-0.3, -0.25) is 4.79 Å². The number of halogens is 1. The molecule has 0 aliphatic carbocycles. The van der Waals surface area contributed by atoms with E-state index >= 15 is 0 Å². The van der Waals surface area contributed by atoms with Crippen LogP contribution in [0.1, 0.15) is 5.56 Å². The van der Waals surface area contributed by atoms with Crippen LogP contribution in [0.15, 0.2) is 42.6 Å². The average molecular weight is 369 g/mol. The summed E-state index contributed by atoms with van der Waals surface area (Å²) in [6.07, 6.45) is 1.80. The van der Waals surface area contributed by atoms with E-state index in [-0.39, 0.29) is 17.6 Å². The number of carbonyl (C=O) groups excluding carboxylic acids is 1.